The van der Waals surface area contributed by atoms with Gasteiger partial charge >= 0.3 is 0 Å². The molecule has 0 bridgehead atoms. The zero-order chi connectivity index (χ0) is 21.2. The average Bonchev–Trinajstić information content (AvgIpc) is 3.44. The second kappa shape index (κ2) is 8.84. The summed E-state index contributed by atoms with van der Waals surface area (Å²) in [5.41, 5.74) is 8.07. The lowest BCUT2D eigenvalue weighted by Gasteiger charge is -2.33. The molecule has 4 N–H and O–H groups in total. The molecule has 4 heterocycles. The standard InChI is InChI=1S/C22H31N7O2/c23-20-19-21(27-22(26-20)24-17-6-9-31-14-17)29(13-18(30)25-19)12-16-5-3-4-15(10-16)11-28-7-1-2-8-28/h3-4,10,16-17H,1-2,5-9,11-14H2,(H,25,30)(H3,23,24,26,27)/t16?,17-/m1/s1. The number of anilines is 4. The molecule has 0 radical (unpaired) electrons. The van der Waals surface area contributed by atoms with Crippen LogP contribution >= 0.6 is 0 Å². The Morgan fingerprint density at radius 2 is 2.16 bits per heavy atom. The molecule has 1 amide bonds. The molecule has 166 valence electrons. The first-order valence-corrected chi connectivity index (χ1v) is 11.3. The van der Waals surface area contributed by atoms with Crippen LogP contribution in [0.1, 0.15) is 25.7 Å². The second-order valence-electron chi connectivity index (χ2n) is 8.89. The molecule has 1 aliphatic carbocycles. The topological polar surface area (TPSA) is 109 Å². The maximum absolute atomic E-state index is 12.4. The Bertz CT molecular complexity index is 888. The Kier molecular flexibility index (Phi) is 5.78. The maximum Gasteiger partial charge on any atom is 0.244 e. The summed E-state index contributed by atoms with van der Waals surface area (Å²) in [6.45, 7) is 5.75. The van der Waals surface area contributed by atoms with Gasteiger partial charge in [0.15, 0.2) is 11.6 Å². The summed E-state index contributed by atoms with van der Waals surface area (Å²) in [6, 6.07) is 0.184. The van der Waals surface area contributed by atoms with E-state index >= 15 is 0 Å². The fourth-order valence-electron chi connectivity index (χ4n) is 4.82. The Morgan fingerprint density at radius 3 is 2.97 bits per heavy atom. The molecule has 2 atom stereocenters. The second-order valence-corrected chi connectivity index (χ2v) is 8.89. The number of rotatable bonds is 6. The van der Waals surface area contributed by atoms with E-state index < -0.39 is 0 Å². The van der Waals surface area contributed by atoms with E-state index in [-0.39, 0.29) is 18.5 Å². The van der Waals surface area contributed by atoms with E-state index in [1.165, 1.54) is 31.5 Å². The van der Waals surface area contributed by atoms with E-state index in [0.717, 1.165) is 32.5 Å². The molecule has 0 saturated carbocycles. The minimum Gasteiger partial charge on any atom is -0.382 e. The highest BCUT2D eigenvalue weighted by molar-refractivity contribution is 6.03. The fraction of sp³-hybridized carbons (Fsp3) is 0.591. The Labute approximate surface area is 182 Å². The van der Waals surface area contributed by atoms with E-state index in [2.05, 4.69) is 38.7 Å². The Morgan fingerprint density at radius 1 is 1.29 bits per heavy atom. The molecule has 31 heavy (non-hydrogen) atoms. The summed E-state index contributed by atoms with van der Waals surface area (Å²) in [7, 11) is 0. The monoisotopic (exact) mass is 425 g/mol. The molecule has 4 aliphatic rings. The van der Waals surface area contributed by atoms with E-state index in [0.29, 0.717) is 35.8 Å². The summed E-state index contributed by atoms with van der Waals surface area (Å²) in [5, 5.41) is 6.17. The maximum atomic E-state index is 12.4. The largest absolute Gasteiger partial charge is 0.382 e. The van der Waals surface area contributed by atoms with E-state index in [9.17, 15) is 4.79 Å². The van der Waals surface area contributed by atoms with Gasteiger partial charge in [-0.2, -0.15) is 9.97 Å². The van der Waals surface area contributed by atoms with Gasteiger partial charge < -0.3 is 26.0 Å². The number of nitrogen functional groups attached to an aromatic ring is 1. The van der Waals surface area contributed by atoms with Gasteiger partial charge in [-0.3, -0.25) is 9.69 Å². The third-order valence-corrected chi connectivity index (χ3v) is 6.36. The number of amides is 1. The lowest BCUT2D eigenvalue weighted by molar-refractivity contribution is -0.115. The van der Waals surface area contributed by atoms with Gasteiger partial charge in [0.05, 0.1) is 19.2 Å². The molecule has 9 heteroatoms. The van der Waals surface area contributed by atoms with Gasteiger partial charge in [0.25, 0.3) is 0 Å². The number of fused-ring (bicyclic) bond motifs is 1. The number of aromatic nitrogens is 2. The van der Waals surface area contributed by atoms with Crippen LogP contribution in [0, 0.1) is 5.92 Å². The number of hydrogen-bond acceptors (Lipinski definition) is 8. The number of nitrogens with two attached hydrogens (primary N) is 1. The SMILES string of the molecule is Nc1nc(N[C@@H]2CCOC2)nc2c1NC(=O)CN2CC1C=C(CN2CCCC2)C=CC1. The summed E-state index contributed by atoms with van der Waals surface area (Å²) in [4.78, 5) is 26.0. The van der Waals surface area contributed by atoms with Crippen LogP contribution in [0.5, 0.6) is 0 Å². The van der Waals surface area contributed by atoms with Crippen molar-refractivity contribution in [3.05, 3.63) is 23.8 Å². The average molecular weight is 426 g/mol. The highest BCUT2D eigenvalue weighted by atomic mass is 16.5. The number of ether oxygens (including phenoxy) is 1. The Balaban J connectivity index is 1.33. The van der Waals surface area contributed by atoms with Crippen molar-refractivity contribution in [3.8, 4) is 0 Å². The first kappa shape index (κ1) is 20.3. The number of allylic oxidation sites excluding steroid dienone is 1. The molecule has 1 aromatic rings. The number of carbonyl (C=O) groups is 1. The predicted molar refractivity (Wildman–Crippen MR) is 121 cm³/mol. The molecule has 9 nitrogen and oxygen atoms in total. The lowest BCUT2D eigenvalue weighted by atomic mass is 9.95. The molecule has 1 unspecified atom stereocenters. The summed E-state index contributed by atoms with van der Waals surface area (Å²) >= 11 is 0. The number of nitrogens with one attached hydrogen (secondary N) is 2. The molecule has 1 aromatic heterocycles. The zero-order valence-corrected chi connectivity index (χ0v) is 17.8. The van der Waals surface area contributed by atoms with E-state index in [4.69, 9.17) is 15.5 Å². The Hall–Kier alpha value is -2.65. The van der Waals surface area contributed by atoms with Gasteiger partial charge in [-0.15, -0.1) is 0 Å². The molecule has 5 rings (SSSR count). The lowest BCUT2D eigenvalue weighted by Crippen LogP contribution is -2.42. The molecular formula is C22H31N7O2. The van der Waals surface area contributed by atoms with Gasteiger partial charge in [-0.05, 0) is 50.3 Å². The molecule has 2 fully saturated rings. The molecule has 2 saturated heterocycles. The number of nitrogens with zero attached hydrogens (tertiary/aromatic N) is 4. The summed E-state index contributed by atoms with van der Waals surface area (Å²) < 4.78 is 5.43. The van der Waals surface area contributed by atoms with Crippen LogP contribution in [-0.2, 0) is 9.53 Å². The van der Waals surface area contributed by atoms with E-state index in [1.807, 2.05) is 4.90 Å². The third kappa shape index (κ3) is 4.67. The van der Waals surface area contributed by atoms with Gasteiger partial charge in [0, 0.05) is 19.7 Å². The highest BCUT2D eigenvalue weighted by Gasteiger charge is 2.29. The smallest absolute Gasteiger partial charge is 0.244 e. The first-order chi connectivity index (χ1) is 15.1. The fourth-order valence-corrected chi connectivity index (χ4v) is 4.82. The summed E-state index contributed by atoms with van der Waals surface area (Å²) in [6.07, 6.45) is 11.3. The van der Waals surface area contributed by atoms with Gasteiger partial charge in [-0.25, -0.2) is 0 Å². The quantitative estimate of drug-likeness (QED) is 0.631. The van der Waals surface area contributed by atoms with Crippen molar-refractivity contribution in [1.82, 2.24) is 14.9 Å². The minimum atomic E-state index is -0.0830. The number of carbonyl (C=O) groups excluding carboxylic acids is 1. The van der Waals surface area contributed by atoms with Crippen molar-refractivity contribution in [2.45, 2.75) is 31.7 Å². The van der Waals surface area contributed by atoms with Crippen LogP contribution in [0.4, 0.5) is 23.3 Å². The van der Waals surface area contributed by atoms with Crippen molar-refractivity contribution in [3.63, 3.8) is 0 Å². The van der Waals surface area contributed by atoms with Crippen molar-refractivity contribution in [2.75, 3.05) is 67.2 Å². The van der Waals surface area contributed by atoms with Crippen molar-refractivity contribution < 1.29 is 9.53 Å². The van der Waals surface area contributed by atoms with Crippen molar-refractivity contribution in [2.24, 2.45) is 5.92 Å². The third-order valence-electron chi connectivity index (χ3n) is 6.36. The molecule has 0 aromatic carbocycles. The van der Waals surface area contributed by atoms with Crippen LogP contribution < -0.4 is 21.3 Å². The van der Waals surface area contributed by atoms with E-state index in [1.54, 1.807) is 0 Å². The number of hydrogen-bond donors (Lipinski definition) is 3. The van der Waals surface area contributed by atoms with Crippen LogP contribution in [0.3, 0.4) is 0 Å². The van der Waals surface area contributed by atoms with Crippen molar-refractivity contribution in [1.29, 1.82) is 0 Å². The number of likely N-dealkylation sites (tertiary alicyclic amines) is 1. The van der Waals surface area contributed by atoms with Crippen LogP contribution in [0.15, 0.2) is 23.8 Å². The molecular weight excluding hydrogens is 394 g/mol. The van der Waals surface area contributed by atoms with Gasteiger partial charge in [0.1, 0.15) is 5.69 Å². The molecule has 0 spiro atoms. The predicted octanol–water partition coefficient (Wildman–Crippen LogP) is 1.62. The normalized spacial score (nSPS) is 26.0. The zero-order valence-electron chi connectivity index (χ0n) is 17.8. The van der Waals surface area contributed by atoms with Crippen LogP contribution in [-0.4, -0.2) is 72.8 Å². The van der Waals surface area contributed by atoms with Crippen LogP contribution in [0.25, 0.3) is 0 Å². The van der Waals surface area contributed by atoms with Gasteiger partial charge in [-0.1, -0.05) is 18.2 Å². The van der Waals surface area contributed by atoms with Crippen LogP contribution in [0.2, 0.25) is 0 Å². The highest BCUT2D eigenvalue weighted by Crippen LogP contribution is 2.34. The first-order valence-electron chi connectivity index (χ1n) is 11.3. The van der Waals surface area contributed by atoms with Crippen molar-refractivity contribution >= 4 is 29.2 Å². The minimum absolute atomic E-state index is 0.0830. The molecule has 3 aliphatic heterocycles. The summed E-state index contributed by atoms with van der Waals surface area (Å²) in [5.74, 6) is 1.72. The van der Waals surface area contributed by atoms with Gasteiger partial charge in [0.2, 0.25) is 11.9 Å².